The van der Waals surface area contributed by atoms with Gasteiger partial charge in [-0.25, -0.2) is 4.98 Å². The minimum atomic E-state index is -0.497. The van der Waals surface area contributed by atoms with Gasteiger partial charge in [-0.1, -0.05) is 35.9 Å². The summed E-state index contributed by atoms with van der Waals surface area (Å²) in [5, 5.41) is 3.00. The highest BCUT2D eigenvalue weighted by molar-refractivity contribution is 6.32. The van der Waals surface area contributed by atoms with Gasteiger partial charge in [-0.2, -0.15) is 0 Å². The minimum Gasteiger partial charge on any atom is -0.372 e. The van der Waals surface area contributed by atoms with Crippen LogP contribution in [0.5, 0.6) is 0 Å². The number of benzene rings is 1. The van der Waals surface area contributed by atoms with Gasteiger partial charge in [0.15, 0.2) is 0 Å². The third kappa shape index (κ3) is 4.97. The van der Waals surface area contributed by atoms with Gasteiger partial charge in [-0.05, 0) is 38.1 Å². The van der Waals surface area contributed by atoms with E-state index in [1.807, 2.05) is 32.0 Å². The highest BCUT2D eigenvalue weighted by Crippen LogP contribution is 2.20. The Morgan fingerprint density at radius 3 is 2.46 bits per heavy atom. The van der Waals surface area contributed by atoms with Crippen LogP contribution in [-0.4, -0.2) is 47.0 Å². The first-order valence-electron chi connectivity index (χ1n) is 9.07. The molecule has 2 amide bonds. The molecule has 6 nitrogen and oxygen atoms in total. The van der Waals surface area contributed by atoms with Gasteiger partial charge < -0.3 is 15.0 Å². The third-order valence-corrected chi connectivity index (χ3v) is 4.62. The maximum absolute atomic E-state index is 13.2. The van der Waals surface area contributed by atoms with E-state index in [0.29, 0.717) is 24.3 Å². The number of rotatable bonds is 4. The van der Waals surface area contributed by atoms with Crippen molar-refractivity contribution in [1.29, 1.82) is 0 Å². The van der Waals surface area contributed by atoms with Gasteiger partial charge in [0.2, 0.25) is 0 Å². The number of hydrogen-bond donors (Lipinski definition) is 1. The van der Waals surface area contributed by atoms with Crippen LogP contribution in [0.15, 0.2) is 54.2 Å². The van der Waals surface area contributed by atoms with Crippen LogP contribution in [0.3, 0.4) is 0 Å². The summed E-state index contributed by atoms with van der Waals surface area (Å²) in [5.74, 6) is -0.863. The van der Waals surface area contributed by atoms with Crippen molar-refractivity contribution in [2.45, 2.75) is 26.1 Å². The molecule has 7 heteroatoms. The van der Waals surface area contributed by atoms with Crippen molar-refractivity contribution in [1.82, 2.24) is 9.88 Å². The number of ether oxygens (including phenoxy) is 1. The summed E-state index contributed by atoms with van der Waals surface area (Å²) in [6.07, 6.45) is 2.83. The Labute approximate surface area is 169 Å². The van der Waals surface area contributed by atoms with Crippen molar-refractivity contribution in [2.75, 3.05) is 18.4 Å². The molecular formula is C21H22ClN3O3. The summed E-state index contributed by atoms with van der Waals surface area (Å²) >= 11 is 6.14. The van der Waals surface area contributed by atoms with Crippen LogP contribution in [0.1, 0.15) is 19.4 Å². The first-order chi connectivity index (χ1) is 13.4. The molecule has 1 aliphatic rings. The topological polar surface area (TPSA) is 71.5 Å². The number of aromatic nitrogens is 1. The highest BCUT2D eigenvalue weighted by Gasteiger charge is 2.30. The quantitative estimate of drug-likeness (QED) is 0.370. The molecule has 2 aromatic rings. The van der Waals surface area contributed by atoms with Crippen LogP contribution in [0.2, 0.25) is 5.15 Å². The van der Waals surface area contributed by atoms with Crippen molar-refractivity contribution in [3.05, 3.63) is 65.0 Å². The fourth-order valence-corrected chi connectivity index (χ4v) is 3.29. The Kier molecular flexibility index (Phi) is 6.44. The van der Waals surface area contributed by atoms with E-state index >= 15 is 0 Å². The number of amides is 2. The zero-order valence-corrected chi connectivity index (χ0v) is 16.5. The summed E-state index contributed by atoms with van der Waals surface area (Å²) in [5.41, 5.74) is 1.11. The number of para-hydroxylation sites is 1. The van der Waals surface area contributed by atoms with Crippen molar-refractivity contribution in [3.63, 3.8) is 0 Å². The molecule has 1 fully saturated rings. The van der Waals surface area contributed by atoms with Gasteiger partial charge in [0.05, 0.1) is 12.2 Å². The lowest BCUT2D eigenvalue weighted by atomic mass is 10.1. The molecule has 1 aromatic heterocycles. The SMILES string of the molecule is CC1CN(C(=O)C(=Cc2cccnc2Cl)C(=O)Nc2ccccc2)CC(C)O1. The van der Waals surface area contributed by atoms with Crippen molar-refractivity contribution < 1.29 is 14.3 Å². The van der Waals surface area contributed by atoms with E-state index in [1.54, 1.807) is 35.4 Å². The molecule has 0 bridgehead atoms. The number of carbonyl (C=O) groups is 2. The normalized spacial score (nSPS) is 20.0. The van der Waals surface area contributed by atoms with Crippen LogP contribution >= 0.6 is 11.6 Å². The molecule has 2 heterocycles. The number of carbonyl (C=O) groups excluding carboxylic acids is 2. The third-order valence-electron chi connectivity index (χ3n) is 4.30. The molecule has 3 rings (SSSR count). The van der Waals surface area contributed by atoms with Gasteiger partial charge in [0.25, 0.3) is 11.8 Å². The summed E-state index contributed by atoms with van der Waals surface area (Å²) in [4.78, 5) is 31.8. The Hall–Kier alpha value is -2.70. The lowest BCUT2D eigenvalue weighted by Crippen LogP contribution is -2.49. The number of nitrogens with one attached hydrogen (secondary N) is 1. The van der Waals surface area contributed by atoms with Crippen molar-refractivity contribution in [2.24, 2.45) is 0 Å². The Morgan fingerprint density at radius 1 is 1.14 bits per heavy atom. The zero-order valence-electron chi connectivity index (χ0n) is 15.8. The first-order valence-corrected chi connectivity index (χ1v) is 9.45. The van der Waals surface area contributed by atoms with E-state index in [9.17, 15) is 9.59 Å². The molecule has 146 valence electrons. The molecule has 1 aromatic carbocycles. The second-order valence-corrected chi connectivity index (χ2v) is 7.09. The molecule has 0 aliphatic carbocycles. The average molecular weight is 400 g/mol. The zero-order chi connectivity index (χ0) is 20.1. The van der Waals surface area contributed by atoms with Crippen molar-refractivity contribution >= 4 is 35.2 Å². The average Bonchev–Trinajstić information content (AvgIpc) is 2.67. The van der Waals surface area contributed by atoms with Gasteiger partial charge in [0.1, 0.15) is 10.7 Å². The Bertz CT molecular complexity index is 875. The smallest absolute Gasteiger partial charge is 0.261 e. The number of halogens is 1. The number of hydrogen-bond acceptors (Lipinski definition) is 4. The van der Waals surface area contributed by atoms with Crippen molar-refractivity contribution in [3.8, 4) is 0 Å². The van der Waals surface area contributed by atoms with E-state index in [2.05, 4.69) is 10.3 Å². The van der Waals surface area contributed by atoms with E-state index in [1.165, 1.54) is 6.08 Å². The van der Waals surface area contributed by atoms with E-state index in [0.717, 1.165) is 0 Å². The maximum atomic E-state index is 13.2. The van der Waals surface area contributed by atoms with E-state index in [-0.39, 0.29) is 28.8 Å². The molecule has 1 aliphatic heterocycles. The van der Waals surface area contributed by atoms with Crippen LogP contribution in [-0.2, 0) is 14.3 Å². The van der Waals surface area contributed by atoms with Crippen LogP contribution in [0.4, 0.5) is 5.69 Å². The second kappa shape index (κ2) is 8.99. The first kappa shape index (κ1) is 20.0. The van der Waals surface area contributed by atoms with Crippen LogP contribution in [0, 0.1) is 0 Å². The molecule has 2 atom stereocenters. The molecule has 0 spiro atoms. The predicted molar refractivity (Wildman–Crippen MR) is 109 cm³/mol. The van der Waals surface area contributed by atoms with E-state index < -0.39 is 5.91 Å². The highest BCUT2D eigenvalue weighted by atomic mass is 35.5. The monoisotopic (exact) mass is 399 g/mol. The van der Waals surface area contributed by atoms with Crippen LogP contribution < -0.4 is 5.32 Å². The summed E-state index contributed by atoms with van der Waals surface area (Å²) in [7, 11) is 0. The molecule has 1 N–H and O–H groups in total. The van der Waals surface area contributed by atoms with Gasteiger partial charge in [-0.15, -0.1) is 0 Å². The summed E-state index contributed by atoms with van der Waals surface area (Å²) < 4.78 is 5.69. The summed E-state index contributed by atoms with van der Waals surface area (Å²) in [6.45, 7) is 4.64. The lowest BCUT2D eigenvalue weighted by Gasteiger charge is -2.35. The largest absolute Gasteiger partial charge is 0.372 e. The number of nitrogens with zero attached hydrogens (tertiary/aromatic N) is 2. The van der Waals surface area contributed by atoms with Gasteiger partial charge >= 0.3 is 0 Å². The molecular weight excluding hydrogens is 378 g/mol. The lowest BCUT2D eigenvalue weighted by molar-refractivity contribution is -0.140. The maximum Gasteiger partial charge on any atom is 0.261 e. The van der Waals surface area contributed by atoms with Gasteiger partial charge in [-0.3, -0.25) is 9.59 Å². The second-order valence-electron chi connectivity index (χ2n) is 6.73. The fourth-order valence-electron chi connectivity index (χ4n) is 3.12. The molecule has 2 unspecified atom stereocenters. The molecule has 1 saturated heterocycles. The molecule has 0 saturated carbocycles. The molecule has 0 radical (unpaired) electrons. The Balaban J connectivity index is 1.93. The Morgan fingerprint density at radius 2 is 1.82 bits per heavy atom. The number of morpholine rings is 1. The molecule has 28 heavy (non-hydrogen) atoms. The predicted octanol–water partition coefficient (Wildman–Crippen LogP) is 3.39. The summed E-state index contributed by atoms with van der Waals surface area (Å²) in [6, 6.07) is 12.4. The van der Waals surface area contributed by atoms with Gasteiger partial charge in [0, 0.05) is 30.5 Å². The minimum absolute atomic E-state index is 0.0000491. The van der Waals surface area contributed by atoms with E-state index in [4.69, 9.17) is 16.3 Å². The fraction of sp³-hybridized carbons (Fsp3) is 0.286. The number of anilines is 1. The standard InChI is InChI=1S/C21H22ClN3O3/c1-14-12-25(13-15(2)28-14)21(27)18(11-16-7-6-10-23-19(16)22)20(26)24-17-8-4-3-5-9-17/h3-11,14-15H,12-13H2,1-2H3,(H,24,26). The number of pyridine rings is 1. The van der Waals surface area contributed by atoms with Crippen LogP contribution in [0.25, 0.3) is 6.08 Å².